The van der Waals surface area contributed by atoms with E-state index in [9.17, 15) is 0 Å². The van der Waals surface area contributed by atoms with Crippen molar-refractivity contribution in [3.8, 4) is 0 Å². The minimum absolute atomic E-state index is 0.918. The summed E-state index contributed by atoms with van der Waals surface area (Å²) in [7, 11) is 2.28. The fraction of sp³-hybridized carbons (Fsp3) is 1.00. The van der Waals surface area contributed by atoms with E-state index in [1.807, 2.05) is 0 Å². The van der Waals surface area contributed by atoms with Gasteiger partial charge in [0.15, 0.2) is 0 Å². The van der Waals surface area contributed by atoms with E-state index >= 15 is 0 Å². The molecule has 1 heterocycles. The Morgan fingerprint density at radius 2 is 2.00 bits per heavy atom. The van der Waals surface area contributed by atoms with Crippen LogP contribution in [0.5, 0.6) is 0 Å². The van der Waals surface area contributed by atoms with Crippen molar-refractivity contribution in [1.82, 2.24) is 4.90 Å². The lowest BCUT2D eigenvalue weighted by Gasteiger charge is -2.40. The molecule has 0 bridgehead atoms. The van der Waals surface area contributed by atoms with Crippen LogP contribution < -0.4 is 0 Å². The monoisotopic (exact) mass is 211 g/mol. The number of nitrogens with zero attached hydrogens (tertiary/aromatic N) is 1. The average molecular weight is 211 g/mol. The van der Waals surface area contributed by atoms with Gasteiger partial charge in [-0.2, -0.15) is 0 Å². The quantitative estimate of drug-likeness (QED) is 0.547. The first-order valence-electron chi connectivity index (χ1n) is 6.98. The maximum absolute atomic E-state index is 2.52. The van der Waals surface area contributed by atoms with Gasteiger partial charge in [-0.05, 0) is 32.4 Å². The van der Waals surface area contributed by atoms with E-state index in [0.717, 1.165) is 12.0 Å². The molecule has 0 aliphatic carbocycles. The Kier molecular flexibility index (Phi) is 6.31. The molecule has 0 aromatic carbocycles. The maximum atomic E-state index is 2.52. The molecule has 1 saturated heterocycles. The lowest BCUT2D eigenvalue weighted by molar-refractivity contribution is 0.0985. The SMILES string of the molecule is CCCCCCC(CC)C[C@H]1CCN1C. The van der Waals surface area contributed by atoms with E-state index in [1.165, 1.54) is 57.9 Å². The second-order valence-electron chi connectivity index (χ2n) is 5.28. The third kappa shape index (κ3) is 4.55. The van der Waals surface area contributed by atoms with Gasteiger partial charge in [0, 0.05) is 6.04 Å². The Morgan fingerprint density at radius 3 is 2.47 bits per heavy atom. The van der Waals surface area contributed by atoms with Crippen molar-refractivity contribution >= 4 is 0 Å². The fourth-order valence-electron chi connectivity index (χ4n) is 2.60. The topological polar surface area (TPSA) is 3.24 Å². The van der Waals surface area contributed by atoms with E-state index in [4.69, 9.17) is 0 Å². The summed E-state index contributed by atoms with van der Waals surface area (Å²) in [5.41, 5.74) is 0. The molecule has 1 aliphatic rings. The van der Waals surface area contributed by atoms with Gasteiger partial charge in [0.25, 0.3) is 0 Å². The predicted molar refractivity (Wildman–Crippen MR) is 68.2 cm³/mol. The Morgan fingerprint density at radius 1 is 1.20 bits per heavy atom. The number of hydrogen-bond donors (Lipinski definition) is 0. The first-order valence-corrected chi connectivity index (χ1v) is 6.98. The first kappa shape index (κ1) is 13.0. The summed E-state index contributed by atoms with van der Waals surface area (Å²) in [6, 6.07) is 0.918. The maximum Gasteiger partial charge on any atom is 0.0107 e. The fourth-order valence-corrected chi connectivity index (χ4v) is 2.60. The third-order valence-electron chi connectivity index (χ3n) is 4.09. The molecule has 0 spiro atoms. The van der Waals surface area contributed by atoms with Crippen LogP contribution in [0.3, 0.4) is 0 Å². The Balaban J connectivity index is 2.06. The van der Waals surface area contributed by atoms with E-state index < -0.39 is 0 Å². The van der Waals surface area contributed by atoms with Crippen molar-refractivity contribution in [3.05, 3.63) is 0 Å². The lowest BCUT2D eigenvalue weighted by atomic mass is 9.87. The number of unbranched alkanes of at least 4 members (excludes halogenated alkanes) is 3. The van der Waals surface area contributed by atoms with Crippen LogP contribution in [0.25, 0.3) is 0 Å². The Labute approximate surface area is 96.2 Å². The largest absolute Gasteiger partial charge is 0.303 e. The second kappa shape index (κ2) is 7.27. The number of likely N-dealkylation sites (tertiary alicyclic amines) is 1. The molecule has 0 amide bonds. The molecule has 1 heteroatoms. The van der Waals surface area contributed by atoms with Crippen LogP contribution in [-0.4, -0.2) is 24.5 Å². The van der Waals surface area contributed by atoms with Crippen molar-refractivity contribution in [3.63, 3.8) is 0 Å². The molecule has 1 rings (SSSR count). The molecule has 90 valence electrons. The zero-order valence-electron chi connectivity index (χ0n) is 11.0. The Bertz CT molecular complexity index is 155. The minimum atomic E-state index is 0.918. The van der Waals surface area contributed by atoms with Gasteiger partial charge in [0.2, 0.25) is 0 Å². The van der Waals surface area contributed by atoms with Gasteiger partial charge >= 0.3 is 0 Å². The molecule has 0 aromatic heterocycles. The zero-order chi connectivity index (χ0) is 11.1. The van der Waals surface area contributed by atoms with Crippen LogP contribution in [0.2, 0.25) is 0 Å². The van der Waals surface area contributed by atoms with Crippen LogP contribution in [-0.2, 0) is 0 Å². The predicted octanol–water partition coefficient (Wildman–Crippen LogP) is 4.08. The van der Waals surface area contributed by atoms with Gasteiger partial charge in [-0.3, -0.25) is 0 Å². The Hall–Kier alpha value is -0.0400. The van der Waals surface area contributed by atoms with Gasteiger partial charge in [0.1, 0.15) is 0 Å². The molecule has 15 heavy (non-hydrogen) atoms. The van der Waals surface area contributed by atoms with Gasteiger partial charge in [0.05, 0.1) is 0 Å². The summed E-state index contributed by atoms with van der Waals surface area (Å²) in [5, 5.41) is 0. The number of rotatable bonds is 8. The van der Waals surface area contributed by atoms with E-state index in [-0.39, 0.29) is 0 Å². The molecule has 0 radical (unpaired) electrons. The average Bonchev–Trinajstić information content (AvgIpc) is 2.26. The van der Waals surface area contributed by atoms with E-state index in [1.54, 1.807) is 0 Å². The normalized spacial score (nSPS) is 23.8. The highest BCUT2D eigenvalue weighted by Crippen LogP contribution is 2.27. The van der Waals surface area contributed by atoms with Crippen LogP contribution in [0.1, 0.15) is 65.2 Å². The standard InChI is InChI=1S/C14H29N/c1-4-6-7-8-9-13(5-2)12-14-10-11-15(14)3/h13-14H,4-12H2,1-3H3/t13?,14-/m1/s1. The molecule has 0 aromatic rings. The second-order valence-corrected chi connectivity index (χ2v) is 5.28. The van der Waals surface area contributed by atoms with Gasteiger partial charge in [-0.1, -0.05) is 52.4 Å². The summed E-state index contributed by atoms with van der Waals surface area (Å²) < 4.78 is 0. The first-order chi connectivity index (χ1) is 7.27. The molecule has 2 atom stereocenters. The van der Waals surface area contributed by atoms with Crippen molar-refractivity contribution < 1.29 is 0 Å². The summed E-state index contributed by atoms with van der Waals surface area (Å²) in [6.07, 6.45) is 11.5. The van der Waals surface area contributed by atoms with Gasteiger partial charge < -0.3 is 4.90 Å². The summed E-state index contributed by atoms with van der Waals surface area (Å²) in [5.74, 6) is 0.995. The summed E-state index contributed by atoms with van der Waals surface area (Å²) in [4.78, 5) is 2.52. The smallest absolute Gasteiger partial charge is 0.0107 e. The van der Waals surface area contributed by atoms with Gasteiger partial charge in [-0.15, -0.1) is 0 Å². The van der Waals surface area contributed by atoms with Crippen LogP contribution in [0, 0.1) is 5.92 Å². The molecule has 1 aliphatic heterocycles. The molecular formula is C14H29N. The van der Waals surface area contributed by atoms with Crippen molar-refractivity contribution in [1.29, 1.82) is 0 Å². The van der Waals surface area contributed by atoms with E-state index in [2.05, 4.69) is 25.8 Å². The van der Waals surface area contributed by atoms with Gasteiger partial charge in [-0.25, -0.2) is 0 Å². The molecule has 1 nitrogen and oxygen atoms in total. The van der Waals surface area contributed by atoms with Crippen molar-refractivity contribution in [2.45, 2.75) is 71.3 Å². The van der Waals surface area contributed by atoms with Crippen molar-refractivity contribution in [2.75, 3.05) is 13.6 Å². The molecule has 0 N–H and O–H groups in total. The molecular weight excluding hydrogens is 182 g/mol. The van der Waals surface area contributed by atoms with E-state index in [0.29, 0.717) is 0 Å². The minimum Gasteiger partial charge on any atom is -0.303 e. The molecule has 0 saturated carbocycles. The van der Waals surface area contributed by atoms with Crippen molar-refractivity contribution in [2.24, 2.45) is 5.92 Å². The highest BCUT2D eigenvalue weighted by molar-refractivity contribution is 4.81. The summed E-state index contributed by atoms with van der Waals surface area (Å²) in [6.45, 7) is 5.99. The molecule has 1 fully saturated rings. The van der Waals surface area contributed by atoms with Crippen LogP contribution in [0.15, 0.2) is 0 Å². The third-order valence-corrected chi connectivity index (χ3v) is 4.09. The molecule has 1 unspecified atom stereocenters. The lowest BCUT2D eigenvalue weighted by Crippen LogP contribution is -2.45. The number of hydrogen-bond acceptors (Lipinski definition) is 1. The highest BCUT2D eigenvalue weighted by atomic mass is 15.2. The van der Waals surface area contributed by atoms with Crippen LogP contribution >= 0.6 is 0 Å². The van der Waals surface area contributed by atoms with Crippen LogP contribution in [0.4, 0.5) is 0 Å². The zero-order valence-corrected chi connectivity index (χ0v) is 11.0. The summed E-state index contributed by atoms with van der Waals surface area (Å²) >= 11 is 0. The highest BCUT2D eigenvalue weighted by Gasteiger charge is 2.26.